The first-order valence-corrected chi connectivity index (χ1v) is 36.9. The zero-order valence-electron chi connectivity index (χ0n) is 36.4. The van der Waals surface area contributed by atoms with E-state index in [1.54, 1.807) is 24.3 Å². The summed E-state index contributed by atoms with van der Waals surface area (Å²) in [6, 6.07) is 13.3. The van der Waals surface area contributed by atoms with Gasteiger partial charge in [-0.3, -0.25) is 0 Å². The minimum absolute atomic E-state index is 0.0839. The van der Waals surface area contributed by atoms with E-state index < -0.39 is 86.5 Å². The van der Waals surface area contributed by atoms with Gasteiger partial charge >= 0.3 is 377 Å². The molecule has 0 radical (unpaired) electrons. The van der Waals surface area contributed by atoms with Crippen molar-refractivity contribution in [3.8, 4) is 22.3 Å². The van der Waals surface area contributed by atoms with Crippen LogP contribution in [0.3, 0.4) is 0 Å². The predicted octanol–water partition coefficient (Wildman–Crippen LogP) is 18.3. The Kier molecular flexibility index (Phi) is 13.3. The first-order valence-electron chi connectivity index (χ1n) is 20.9. The van der Waals surface area contributed by atoms with Crippen LogP contribution in [0.15, 0.2) is 83.9 Å². The second kappa shape index (κ2) is 16.8. The summed E-state index contributed by atoms with van der Waals surface area (Å²) >= 11 is -5.95. The Morgan fingerprint density at radius 3 is 1.09 bits per heavy atom. The number of allylic oxidation sites excluding steroid dienone is 2. The Hall–Kier alpha value is -2.80. The molecule has 4 aromatic rings. The molecule has 0 fully saturated rings. The van der Waals surface area contributed by atoms with Crippen LogP contribution < -0.4 is 0 Å². The monoisotopic (exact) mass is 1040 g/mol. The van der Waals surface area contributed by atoms with E-state index in [2.05, 4.69) is 6.55 Å². The molecule has 0 heterocycles. The van der Waals surface area contributed by atoms with E-state index >= 15 is 0 Å². The summed E-state index contributed by atoms with van der Waals surface area (Å²) in [6.45, 7) is 16.0. The normalized spacial score (nSPS) is 18.6. The maximum absolute atomic E-state index is 14.2. The molecule has 0 amide bonds. The molecule has 0 N–H and O–H groups in total. The van der Waals surface area contributed by atoms with E-state index in [1.165, 1.54) is 12.1 Å². The third-order valence-corrected chi connectivity index (χ3v) is 62.8. The molecule has 64 heavy (non-hydrogen) atoms. The van der Waals surface area contributed by atoms with Gasteiger partial charge in [0, 0.05) is 0 Å². The summed E-state index contributed by atoms with van der Waals surface area (Å²) in [5.74, 6) is -2.42. The second-order valence-electron chi connectivity index (χ2n) is 19.9. The van der Waals surface area contributed by atoms with Crippen molar-refractivity contribution >= 4 is 35.1 Å². The third-order valence-electron chi connectivity index (χ3n) is 12.3. The van der Waals surface area contributed by atoms with Gasteiger partial charge < -0.3 is 0 Å². The molecule has 16 heteroatoms. The SMILES string of the molecule is CCC[SiH](C)[Zr]([Cl])([Cl])([CH]1C(CC(C)(C)C)=Cc2c(-c3cc(C(F)(F)F)cc(C(F)(F)F)c3)cccc21)[CH]1C(CC(C)(C)C)=Cc2c(-c3cc(C(F)(F)F)cc(C(F)(F)F)c3)cccc21. The summed E-state index contributed by atoms with van der Waals surface area (Å²) in [6.07, 6.45) is -15.3. The molecule has 0 aromatic heterocycles. The molecule has 2 aliphatic rings. The summed E-state index contributed by atoms with van der Waals surface area (Å²) < 4.78 is 169. The summed E-state index contributed by atoms with van der Waals surface area (Å²) in [5.41, 5.74) is -3.58. The Bertz CT molecular complexity index is 2280. The summed E-state index contributed by atoms with van der Waals surface area (Å²) in [5, 5.41) is 0. The van der Waals surface area contributed by atoms with Gasteiger partial charge in [0.1, 0.15) is 0 Å². The van der Waals surface area contributed by atoms with Gasteiger partial charge in [-0.25, -0.2) is 0 Å². The van der Waals surface area contributed by atoms with Crippen LogP contribution in [0.1, 0.15) is 119 Å². The maximum atomic E-state index is 14.2. The van der Waals surface area contributed by atoms with Crippen LogP contribution in [-0.4, -0.2) is 5.92 Å². The number of halogens is 14. The van der Waals surface area contributed by atoms with Crippen molar-refractivity contribution < 1.29 is 68.2 Å². The number of alkyl halides is 12. The fourth-order valence-electron chi connectivity index (χ4n) is 9.93. The van der Waals surface area contributed by atoms with Crippen molar-refractivity contribution in [2.75, 3.05) is 0 Å². The van der Waals surface area contributed by atoms with E-state index in [1.807, 2.05) is 60.6 Å². The van der Waals surface area contributed by atoms with Crippen molar-refractivity contribution in [1.82, 2.24) is 0 Å². The molecule has 0 bridgehead atoms. The second-order valence-corrected chi connectivity index (χ2v) is 61.2. The zero-order valence-corrected chi connectivity index (χ0v) is 41.6. The van der Waals surface area contributed by atoms with Gasteiger partial charge in [-0.1, -0.05) is 0 Å². The fourth-order valence-corrected chi connectivity index (χ4v) is 51.1. The van der Waals surface area contributed by atoms with Crippen LogP contribution in [0.5, 0.6) is 0 Å². The van der Waals surface area contributed by atoms with Gasteiger partial charge in [-0.05, 0) is 0 Å². The van der Waals surface area contributed by atoms with Gasteiger partial charge in [0.25, 0.3) is 0 Å². The molecule has 0 saturated heterocycles. The number of benzene rings is 4. The molecule has 347 valence electrons. The Morgan fingerprint density at radius 2 is 0.828 bits per heavy atom. The molecule has 6 rings (SSSR count). The van der Waals surface area contributed by atoms with E-state index in [0.29, 0.717) is 71.8 Å². The fraction of sp³-hybridized carbons (Fsp3) is 0.417. The van der Waals surface area contributed by atoms with Crippen LogP contribution in [0.25, 0.3) is 34.4 Å². The quantitative estimate of drug-likeness (QED) is 0.116. The molecule has 3 atom stereocenters. The van der Waals surface area contributed by atoms with Crippen molar-refractivity contribution in [1.29, 1.82) is 0 Å². The first kappa shape index (κ1) is 50.6. The Balaban J connectivity index is 1.70. The molecule has 0 spiro atoms. The molecule has 0 saturated carbocycles. The average molecular weight is 1040 g/mol. The van der Waals surface area contributed by atoms with E-state index in [0.717, 1.165) is 11.1 Å². The zero-order chi connectivity index (χ0) is 48.0. The van der Waals surface area contributed by atoms with Crippen LogP contribution in [0.4, 0.5) is 52.7 Å². The van der Waals surface area contributed by atoms with Gasteiger partial charge in [-0.15, -0.1) is 0 Å². The molecule has 0 aliphatic heterocycles. The summed E-state index contributed by atoms with van der Waals surface area (Å²) in [4.78, 5) is 0. The van der Waals surface area contributed by atoms with Crippen molar-refractivity contribution in [3.63, 3.8) is 0 Å². The molecule has 4 aromatic carbocycles. The third kappa shape index (κ3) is 9.92. The van der Waals surface area contributed by atoms with Gasteiger partial charge in [0.15, 0.2) is 0 Å². The van der Waals surface area contributed by atoms with Crippen LogP contribution in [0.2, 0.25) is 12.6 Å². The molecule has 0 nitrogen and oxygen atoms in total. The molecular weight excluding hydrogens is 995 g/mol. The van der Waals surface area contributed by atoms with Crippen molar-refractivity contribution in [2.24, 2.45) is 10.8 Å². The van der Waals surface area contributed by atoms with Gasteiger partial charge in [0.2, 0.25) is 0 Å². The van der Waals surface area contributed by atoms with Crippen molar-refractivity contribution in [3.05, 3.63) is 128 Å². The van der Waals surface area contributed by atoms with E-state index in [9.17, 15) is 52.7 Å². The molecule has 2 aliphatic carbocycles. The predicted molar refractivity (Wildman–Crippen MR) is 233 cm³/mol. The van der Waals surface area contributed by atoms with Crippen molar-refractivity contribution in [2.45, 2.75) is 112 Å². The van der Waals surface area contributed by atoms with E-state index in [-0.39, 0.29) is 34.4 Å². The summed E-state index contributed by atoms with van der Waals surface area (Å²) in [7, 11) is 17.5. The topological polar surface area (TPSA) is 0 Å². The van der Waals surface area contributed by atoms with Gasteiger partial charge in [-0.2, -0.15) is 0 Å². The Labute approximate surface area is 374 Å². The van der Waals surface area contributed by atoms with Crippen LogP contribution in [-0.2, 0) is 40.3 Å². The van der Waals surface area contributed by atoms with E-state index in [4.69, 9.17) is 17.0 Å². The standard InChI is InChI=1S/2C22H19F6.C4H11Si.2ClH.Zr/c2*1-20(2,3)12-13-7-14-5-4-6-18(19(14)8-13)15-9-16(21(23,24)25)11-17(10-15)22(26,27)28;1-3-4-5-2;;;/h2*4-11H,12H2,1-3H3;5H,3-4H2,1-2H3;2*1H;/q;;;;;+2/p-2. The number of hydrogen-bond donors (Lipinski definition) is 0. The molecule has 3 unspecified atom stereocenters. The Morgan fingerprint density at radius 1 is 0.516 bits per heavy atom. The number of rotatable bonds is 9. The number of hydrogen-bond acceptors (Lipinski definition) is 0. The average Bonchev–Trinajstić information content (AvgIpc) is 3.70. The van der Waals surface area contributed by atoms with Crippen LogP contribution >= 0.6 is 17.0 Å². The number of fused-ring (bicyclic) bond motifs is 2. The minimum atomic E-state index is -5.95. The molecular formula is C48H49Cl2F12SiZr. The van der Waals surface area contributed by atoms with Crippen LogP contribution in [0, 0.1) is 10.8 Å². The van der Waals surface area contributed by atoms with Gasteiger partial charge in [0.05, 0.1) is 0 Å². The first-order chi connectivity index (χ1) is 29.0.